The molecule has 3 atom stereocenters. The summed E-state index contributed by atoms with van der Waals surface area (Å²) in [6.07, 6.45) is 1.28. The van der Waals surface area contributed by atoms with Crippen molar-refractivity contribution in [3.8, 4) is 0 Å². The molecule has 0 amide bonds. The molecule has 1 saturated heterocycles. The van der Waals surface area contributed by atoms with E-state index in [1.807, 2.05) is 0 Å². The maximum absolute atomic E-state index is 11.3. The van der Waals surface area contributed by atoms with Gasteiger partial charge in [0.15, 0.2) is 0 Å². The molecule has 1 rings (SSSR count). The molecule has 3 unspecified atom stereocenters. The third-order valence-corrected chi connectivity index (χ3v) is 4.37. The number of carbonyl (C=O) groups excluding carboxylic acids is 1. The van der Waals surface area contributed by atoms with Crippen LogP contribution in [0.25, 0.3) is 0 Å². The Morgan fingerprint density at radius 1 is 1.73 bits per heavy atom. The number of esters is 1. The average molecular weight is 233 g/mol. The van der Waals surface area contributed by atoms with Crippen molar-refractivity contribution < 1.29 is 14.3 Å². The van der Waals surface area contributed by atoms with E-state index in [1.54, 1.807) is 18.7 Å². The Bertz CT molecular complexity index is 233. The number of rotatable bonds is 4. The van der Waals surface area contributed by atoms with Gasteiger partial charge in [-0.1, -0.05) is 0 Å². The van der Waals surface area contributed by atoms with Crippen LogP contribution in [0.2, 0.25) is 0 Å². The first-order chi connectivity index (χ1) is 6.97. The maximum Gasteiger partial charge on any atom is 0.326 e. The number of thioether (sulfide) groups is 1. The Labute approximate surface area is 94.9 Å². The van der Waals surface area contributed by atoms with Crippen LogP contribution in [0.15, 0.2) is 0 Å². The van der Waals surface area contributed by atoms with Gasteiger partial charge in [-0.25, -0.2) is 0 Å². The maximum atomic E-state index is 11.3. The first-order valence-electron chi connectivity index (χ1n) is 5.08. The molecule has 15 heavy (non-hydrogen) atoms. The van der Waals surface area contributed by atoms with Crippen molar-refractivity contribution in [1.82, 2.24) is 0 Å². The van der Waals surface area contributed by atoms with E-state index in [0.29, 0.717) is 11.0 Å². The number of ether oxygens (including phenoxy) is 2. The highest BCUT2D eigenvalue weighted by molar-refractivity contribution is 8.00. The molecule has 1 fully saturated rings. The van der Waals surface area contributed by atoms with Gasteiger partial charge in [0.05, 0.1) is 13.2 Å². The fourth-order valence-electron chi connectivity index (χ4n) is 1.50. The number of nitrogens with two attached hydrogens (primary N) is 1. The van der Waals surface area contributed by atoms with Crippen molar-refractivity contribution in [2.75, 3.05) is 19.5 Å². The summed E-state index contributed by atoms with van der Waals surface area (Å²) in [5.74, 6) is 0.208. The van der Waals surface area contributed by atoms with E-state index in [9.17, 15) is 4.79 Å². The Hall–Kier alpha value is -0.260. The van der Waals surface area contributed by atoms with Crippen molar-refractivity contribution in [2.24, 2.45) is 5.73 Å². The number of hydrogen-bond donors (Lipinski definition) is 1. The van der Waals surface area contributed by atoms with Crippen molar-refractivity contribution in [2.45, 2.75) is 37.2 Å². The zero-order valence-corrected chi connectivity index (χ0v) is 10.3. The van der Waals surface area contributed by atoms with Crippen LogP contribution in [0.5, 0.6) is 0 Å². The highest BCUT2D eigenvalue weighted by atomic mass is 32.2. The Morgan fingerprint density at radius 2 is 2.40 bits per heavy atom. The van der Waals surface area contributed by atoms with Crippen LogP contribution in [-0.4, -0.2) is 42.3 Å². The van der Waals surface area contributed by atoms with Crippen LogP contribution >= 0.6 is 11.8 Å². The lowest BCUT2D eigenvalue weighted by Crippen LogP contribution is -2.48. The molecule has 0 aromatic rings. The summed E-state index contributed by atoms with van der Waals surface area (Å²) in [5.41, 5.74) is 4.96. The van der Waals surface area contributed by atoms with Crippen LogP contribution < -0.4 is 5.73 Å². The van der Waals surface area contributed by atoms with Crippen LogP contribution in [0.4, 0.5) is 0 Å². The Morgan fingerprint density at radius 3 is 2.87 bits per heavy atom. The molecular formula is C10H19NO3S. The molecule has 1 aliphatic rings. The van der Waals surface area contributed by atoms with E-state index < -0.39 is 5.54 Å². The predicted molar refractivity (Wildman–Crippen MR) is 60.9 cm³/mol. The summed E-state index contributed by atoms with van der Waals surface area (Å²) in [4.78, 5) is 11.3. The fraction of sp³-hybridized carbons (Fsp3) is 0.900. The van der Waals surface area contributed by atoms with Crippen molar-refractivity contribution in [1.29, 1.82) is 0 Å². The lowest BCUT2D eigenvalue weighted by Gasteiger charge is -2.23. The van der Waals surface area contributed by atoms with Gasteiger partial charge in [0.25, 0.3) is 0 Å². The largest absolute Gasteiger partial charge is 0.468 e. The molecule has 0 spiro atoms. The molecule has 0 bridgehead atoms. The van der Waals surface area contributed by atoms with Gasteiger partial charge < -0.3 is 15.2 Å². The van der Waals surface area contributed by atoms with E-state index in [0.717, 1.165) is 13.0 Å². The second-order valence-corrected chi connectivity index (χ2v) is 5.35. The van der Waals surface area contributed by atoms with E-state index in [-0.39, 0.29) is 12.1 Å². The normalized spacial score (nSPS) is 29.9. The SMILES string of the molecule is COC(=O)C(C)(N)CSC1CCOC1C. The van der Waals surface area contributed by atoms with Gasteiger partial charge >= 0.3 is 5.97 Å². The van der Waals surface area contributed by atoms with E-state index in [1.165, 1.54) is 7.11 Å². The molecule has 5 heteroatoms. The zero-order valence-electron chi connectivity index (χ0n) is 9.49. The van der Waals surface area contributed by atoms with E-state index in [4.69, 9.17) is 10.5 Å². The van der Waals surface area contributed by atoms with Gasteiger partial charge in [-0.05, 0) is 20.3 Å². The molecule has 4 nitrogen and oxygen atoms in total. The lowest BCUT2D eigenvalue weighted by molar-refractivity contribution is -0.145. The van der Waals surface area contributed by atoms with E-state index >= 15 is 0 Å². The summed E-state index contributed by atoms with van der Waals surface area (Å²) in [7, 11) is 1.36. The fourth-order valence-corrected chi connectivity index (χ4v) is 2.79. The summed E-state index contributed by atoms with van der Waals surface area (Å²) >= 11 is 1.69. The number of methoxy groups -OCH3 is 1. The quantitative estimate of drug-likeness (QED) is 0.727. The van der Waals surface area contributed by atoms with Gasteiger partial charge in [0, 0.05) is 17.6 Å². The monoisotopic (exact) mass is 233 g/mol. The van der Waals surface area contributed by atoms with E-state index in [2.05, 4.69) is 11.7 Å². The summed E-state index contributed by atoms with van der Waals surface area (Å²) in [6, 6.07) is 0. The molecule has 0 aromatic heterocycles. The molecular weight excluding hydrogens is 214 g/mol. The highest BCUT2D eigenvalue weighted by Crippen LogP contribution is 2.28. The summed E-state index contributed by atoms with van der Waals surface area (Å²) in [5, 5.41) is 0.442. The third-order valence-electron chi connectivity index (χ3n) is 2.56. The van der Waals surface area contributed by atoms with Crippen LogP contribution in [0.3, 0.4) is 0 Å². The highest BCUT2D eigenvalue weighted by Gasteiger charge is 2.33. The standard InChI is InChI=1S/C10H19NO3S/c1-7-8(4-5-14-7)15-6-10(2,11)9(12)13-3/h7-8H,4-6,11H2,1-3H3. The van der Waals surface area contributed by atoms with Crippen LogP contribution in [-0.2, 0) is 14.3 Å². The lowest BCUT2D eigenvalue weighted by atomic mass is 10.1. The van der Waals surface area contributed by atoms with Crippen molar-refractivity contribution in [3.63, 3.8) is 0 Å². The minimum Gasteiger partial charge on any atom is -0.468 e. The van der Waals surface area contributed by atoms with Gasteiger partial charge in [0.1, 0.15) is 5.54 Å². The molecule has 0 aromatic carbocycles. The Kier molecular flexibility index (Phi) is 4.43. The number of hydrogen-bond acceptors (Lipinski definition) is 5. The molecule has 0 saturated carbocycles. The minimum absolute atomic E-state index is 0.253. The molecule has 1 aliphatic heterocycles. The van der Waals surface area contributed by atoms with Gasteiger partial charge in [-0.3, -0.25) is 4.79 Å². The second-order valence-electron chi connectivity index (χ2n) is 4.12. The molecule has 1 heterocycles. The number of carbonyl (C=O) groups is 1. The summed E-state index contributed by atoms with van der Waals surface area (Å²) in [6.45, 7) is 4.56. The second kappa shape index (κ2) is 5.18. The molecule has 2 N–H and O–H groups in total. The van der Waals surface area contributed by atoms with Crippen LogP contribution in [0, 0.1) is 0 Å². The van der Waals surface area contributed by atoms with Crippen molar-refractivity contribution in [3.05, 3.63) is 0 Å². The average Bonchev–Trinajstić information content (AvgIpc) is 2.60. The smallest absolute Gasteiger partial charge is 0.326 e. The first-order valence-corrected chi connectivity index (χ1v) is 6.13. The topological polar surface area (TPSA) is 61.5 Å². The molecule has 88 valence electrons. The molecule has 0 aliphatic carbocycles. The molecule has 0 radical (unpaired) electrons. The first kappa shape index (κ1) is 12.8. The van der Waals surface area contributed by atoms with Gasteiger partial charge in [-0.2, -0.15) is 11.8 Å². The van der Waals surface area contributed by atoms with Crippen molar-refractivity contribution >= 4 is 17.7 Å². The third kappa shape index (κ3) is 3.36. The zero-order chi connectivity index (χ0) is 11.5. The minimum atomic E-state index is -0.901. The summed E-state index contributed by atoms with van der Waals surface area (Å²) < 4.78 is 10.1. The van der Waals surface area contributed by atoms with Gasteiger partial charge in [-0.15, -0.1) is 0 Å². The van der Waals surface area contributed by atoms with Crippen LogP contribution in [0.1, 0.15) is 20.3 Å². The predicted octanol–water partition coefficient (Wildman–Crippen LogP) is 0.787. The Balaban J connectivity index is 2.38. The van der Waals surface area contributed by atoms with Gasteiger partial charge in [0.2, 0.25) is 0 Å².